The lowest BCUT2D eigenvalue weighted by Gasteiger charge is -2.46. The molecule has 0 aromatic heterocycles. The maximum absolute atomic E-state index is 6.46. The summed E-state index contributed by atoms with van der Waals surface area (Å²) >= 11 is 0. The van der Waals surface area contributed by atoms with Crippen LogP contribution in [0.15, 0.2) is 12.2 Å². The second-order valence-electron chi connectivity index (χ2n) is 9.07. The summed E-state index contributed by atoms with van der Waals surface area (Å²) in [4.78, 5) is 0. The van der Waals surface area contributed by atoms with Gasteiger partial charge in [-0.3, -0.25) is 0 Å². The Morgan fingerprint density at radius 2 is 0.900 bits per heavy atom. The Kier molecular flexibility index (Phi) is 4.88. The van der Waals surface area contributed by atoms with Gasteiger partial charge < -0.3 is 8.85 Å². The molecule has 0 heterocycles. The van der Waals surface area contributed by atoms with Gasteiger partial charge in [0.25, 0.3) is 0 Å². The third-order valence-electron chi connectivity index (χ3n) is 5.29. The van der Waals surface area contributed by atoms with Crippen molar-refractivity contribution in [3.63, 3.8) is 0 Å². The second-order valence-corrected chi connectivity index (χ2v) is 18.6. The Morgan fingerprint density at radius 3 is 1.05 bits per heavy atom. The van der Waals surface area contributed by atoms with Crippen LogP contribution < -0.4 is 0 Å². The fourth-order valence-corrected chi connectivity index (χ4v) is 4.03. The molecule has 4 heteroatoms. The van der Waals surface area contributed by atoms with Crippen molar-refractivity contribution in [2.75, 3.05) is 0 Å². The molecule has 20 heavy (non-hydrogen) atoms. The number of hydrogen-bond donors (Lipinski definition) is 0. The fraction of sp³-hybridized carbons (Fsp3) is 0.875. The highest BCUT2D eigenvalue weighted by atomic mass is 28.4. The molecule has 1 aliphatic carbocycles. The largest absolute Gasteiger partial charge is 0.408 e. The van der Waals surface area contributed by atoms with Gasteiger partial charge in [-0.15, -0.1) is 0 Å². The topological polar surface area (TPSA) is 18.5 Å². The summed E-state index contributed by atoms with van der Waals surface area (Å²) in [7, 11) is -3.43. The van der Waals surface area contributed by atoms with Gasteiger partial charge in [-0.25, -0.2) is 0 Å². The quantitative estimate of drug-likeness (QED) is 0.515. The van der Waals surface area contributed by atoms with Gasteiger partial charge in [0.1, 0.15) is 0 Å². The highest BCUT2D eigenvalue weighted by Crippen LogP contribution is 2.42. The molecule has 0 spiro atoms. The first-order valence-corrected chi connectivity index (χ1v) is 13.5. The van der Waals surface area contributed by atoms with Crippen LogP contribution in [-0.4, -0.2) is 28.8 Å². The van der Waals surface area contributed by atoms with Gasteiger partial charge >= 0.3 is 0 Å². The molecular weight excluding hydrogens is 280 g/mol. The summed E-state index contributed by atoms with van der Waals surface area (Å²) in [6.07, 6.45) is 4.64. The lowest BCUT2D eigenvalue weighted by Crippen LogP contribution is -2.53. The van der Waals surface area contributed by atoms with Crippen LogP contribution in [0.25, 0.3) is 0 Å². The summed E-state index contributed by atoms with van der Waals surface area (Å²) < 4.78 is 12.9. The summed E-state index contributed by atoms with van der Waals surface area (Å²) in [6, 6.07) is 0. The molecule has 2 atom stereocenters. The van der Waals surface area contributed by atoms with Gasteiger partial charge in [-0.2, -0.15) is 0 Å². The Hall–Kier alpha value is 0.0938. The minimum atomic E-state index is -1.72. The van der Waals surface area contributed by atoms with Gasteiger partial charge in [-0.1, -0.05) is 53.7 Å². The monoisotopic (exact) mass is 314 g/mol. The van der Waals surface area contributed by atoms with E-state index >= 15 is 0 Å². The van der Waals surface area contributed by atoms with Crippen LogP contribution in [0.1, 0.15) is 41.5 Å². The average molecular weight is 315 g/mol. The molecule has 0 unspecified atom stereocenters. The van der Waals surface area contributed by atoms with Crippen molar-refractivity contribution in [2.24, 2.45) is 0 Å². The van der Waals surface area contributed by atoms with Crippen LogP contribution in [0, 0.1) is 0 Å². The Morgan fingerprint density at radius 1 is 0.650 bits per heavy atom. The highest BCUT2D eigenvalue weighted by molar-refractivity contribution is 6.74. The van der Waals surface area contributed by atoms with E-state index in [1.807, 2.05) is 0 Å². The summed E-state index contributed by atoms with van der Waals surface area (Å²) in [6.45, 7) is 22.9. The van der Waals surface area contributed by atoms with E-state index < -0.39 is 16.6 Å². The lowest BCUT2D eigenvalue weighted by atomic mass is 10.0. The van der Waals surface area contributed by atoms with Crippen molar-refractivity contribution >= 4 is 16.6 Å². The zero-order valence-electron chi connectivity index (χ0n) is 15.1. The SMILES string of the molecule is CC(C)(C)[Si](C)(C)O[C@H]1C=C[C@H]1O[Si](C)(C)C(C)(C)C. The van der Waals surface area contributed by atoms with E-state index in [2.05, 4.69) is 79.9 Å². The van der Waals surface area contributed by atoms with Crippen molar-refractivity contribution in [1.29, 1.82) is 0 Å². The first-order chi connectivity index (χ1) is 8.67. The van der Waals surface area contributed by atoms with Crippen molar-refractivity contribution in [3.05, 3.63) is 12.2 Å². The summed E-state index contributed by atoms with van der Waals surface area (Å²) in [5.74, 6) is 0. The fourth-order valence-electron chi connectivity index (χ4n) is 1.54. The smallest absolute Gasteiger partial charge is 0.193 e. The minimum absolute atomic E-state index is 0.157. The zero-order valence-corrected chi connectivity index (χ0v) is 17.1. The van der Waals surface area contributed by atoms with Gasteiger partial charge in [0.2, 0.25) is 0 Å². The van der Waals surface area contributed by atoms with Crippen LogP contribution in [0.4, 0.5) is 0 Å². The molecule has 0 amide bonds. The van der Waals surface area contributed by atoms with Gasteiger partial charge in [0.05, 0.1) is 12.2 Å². The van der Waals surface area contributed by atoms with Crippen LogP contribution in [0.3, 0.4) is 0 Å². The van der Waals surface area contributed by atoms with Gasteiger partial charge in [-0.05, 0) is 36.3 Å². The summed E-state index contributed by atoms with van der Waals surface area (Å²) in [5.41, 5.74) is 0. The molecular formula is C16H34O2Si2. The molecule has 1 aliphatic rings. The maximum atomic E-state index is 6.46. The molecule has 0 saturated carbocycles. The average Bonchev–Trinajstić information content (AvgIpc) is 2.18. The second kappa shape index (κ2) is 5.38. The maximum Gasteiger partial charge on any atom is 0.193 e. The third-order valence-corrected chi connectivity index (χ3v) is 14.2. The van der Waals surface area contributed by atoms with E-state index in [0.29, 0.717) is 0 Å². The molecule has 0 fully saturated rings. The molecule has 0 radical (unpaired) electrons. The molecule has 2 nitrogen and oxygen atoms in total. The first-order valence-electron chi connectivity index (χ1n) is 7.71. The molecule has 0 aromatic carbocycles. The molecule has 1 rings (SSSR count). The van der Waals surface area contributed by atoms with Crippen LogP contribution >= 0.6 is 0 Å². The van der Waals surface area contributed by atoms with Crippen LogP contribution in [0.5, 0.6) is 0 Å². The molecule has 0 saturated heterocycles. The Balaban J connectivity index is 2.69. The summed E-state index contributed by atoms with van der Waals surface area (Å²) in [5, 5.41) is 0.496. The van der Waals surface area contributed by atoms with E-state index in [4.69, 9.17) is 8.85 Å². The number of rotatable bonds is 4. The highest BCUT2D eigenvalue weighted by Gasteiger charge is 2.45. The van der Waals surface area contributed by atoms with Crippen molar-refractivity contribution in [2.45, 2.75) is 90.0 Å². The third kappa shape index (κ3) is 3.84. The Labute approximate surface area is 128 Å². The van der Waals surface area contributed by atoms with E-state index in [-0.39, 0.29) is 22.3 Å². The van der Waals surface area contributed by atoms with E-state index in [0.717, 1.165) is 0 Å². The lowest BCUT2D eigenvalue weighted by molar-refractivity contribution is 0.0737. The van der Waals surface area contributed by atoms with Crippen molar-refractivity contribution < 1.29 is 8.85 Å². The van der Waals surface area contributed by atoms with E-state index in [9.17, 15) is 0 Å². The van der Waals surface area contributed by atoms with Gasteiger partial charge in [0, 0.05) is 0 Å². The van der Waals surface area contributed by atoms with E-state index in [1.165, 1.54) is 0 Å². The molecule has 0 N–H and O–H groups in total. The standard InChI is InChI=1S/C16H34O2Si2/c1-15(2,3)19(7,8)17-13-11-12-14(13)18-20(9,10)16(4,5)6/h11-14H,1-10H3/t13-,14+. The zero-order chi connectivity index (χ0) is 16.0. The van der Waals surface area contributed by atoms with Crippen LogP contribution in [0.2, 0.25) is 36.3 Å². The predicted molar refractivity (Wildman–Crippen MR) is 93.3 cm³/mol. The van der Waals surface area contributed by atoms with Gasteiger partial charge in [0.15, 0.2) is 16.6 Å². The predicted octanol–water partition coefficient (Wildman–Crippen LogP) is 5.34. The molecule has 0 aromatic rings. The van der Waals surface area contributed by atoms with Crippen LogP contribution in [-0.2, 0) is 8.85 Å². The Bertz CT molecular complexity index is 337. The number of hydrogen-bond acceptors (Lipinski definition) is 2. The molecule has 118 valence electrons. The van der Waals surface area contributed by atoms with E-state index in [1.54, 1.807) is 0 Å². The normalized spacial score (nSPS) is 24.7. The van der Waals surface area contributed by atoms with Crippen molar-refractivity contribution in [1.82, 2.24) is 0 Å². The first kappa shape index (κ1) is 18.1. The van der Waals surface area contributed by atoms with Crippen molar-refractivity contribution in [3.8, 4) is 0 Å². The minimum Gasteiger partial charge on any atom is -0.408 e. The molecule has 0 aliphatic heterocycles. The molecule has 0 bridgehead atoms.